The number of rotatable bonds is 3. The van der Waals surface area contributed by atoms with Crippen LogP contribution in [0.1, 0.15) is 12.5 Å². The fourth-order valence-corrected chi connectivity index (χ4v) is 3.83. The molecule has 2 aromatic rings. The summed E-state index contributed by atoms with van der Waals surface area (Å²) in [7, 11) is 0. The van der Waals surface area contributed by atoms with Gasteiger partial charge in [0, 0.05) is 36.9 Å². The average Bonchev–Trinajstić information content (AvgIpc) is 3.29. The molecule has 10 heteroatoms. The lowest BCUT2D eigenvalue weighted by Crippen LogP contribution is -2.34. The number of carbonyl (C=O) groups is 2. The Hall–Kier alpha value is -3.43. The molecule has 2 fully saturated rings. The van der Waals surface area contributed by atoms with Crippen molar-refractivity contribution in [2.75, 3.05) is 30.3 Å². The Morgan fingerprint density at radius 2 is 1.72 bits per heavy atom. The van der Waals surface area contributed by atoms with Crippen LogP contribution in [0.5, 0.6) is 5.75 Å². The van der Waals surface area contributed by atoms with Gasteiger partial charge in [0.1, 0.15) is 5.75 Å². The summed E-state index contributed by atoms with van der Waals surface area (Å²) < 4.78 is 38.4. The number of nitrogen functional groups attached to an aromatic ring is 1. The Balaban J connectivity index is 0.000000207. The lowest BCUT2D eigenvalue weighted by molar-refractivity contribution is -0.274. The van der Waals surface area contributed by atoms with E-state index in [-0.39, 0.29) is 23.5 Å². The molecule has 0 saturated carbocycles. The molecule has 2 atom stereocenters. The van der Waals surface area contributed by atoms with Crippen molar-refractivity contribution in [2.24, 2.45) is 11.8 Å². The van der Waals surface area contributed by atoms with Crippen molar-refractivity contribution in [1.82, 2.24) is 4.90 Å². The van der Waals surface area contributed by atoms with Crippen LogP contribution in [-0.2, 0) is 11.2 Å². The summed E-state index contributed by atoms with van der Waals surface area (Å²) in [6, 6.07) is 13.0. The maximum atomic E-state index is 12.4. The second-order valence-electron chi connectivity index (χ2n) is 7.64. The Bertz CT molecular complexity index is 948. The summed E-state index contributed by atoms with van der Waals surface area (Å²) in [5, 5.41) is 9.00. The van der Waals surface area contributed by atoms with Crippen LogP contribution < -0.4 is 15.4 Å². The van der Waals surface area contributed by atoms with Gasteiger partial charge in [0.15, 0.2) is 0 Å². The van der Waals surface area contributed by atoms with Gasteiger partial charge in [0.05, 0.1) is 5.92 Å². The van der Waals surface area contributed by atoms with Crippen LogP contribution >= 0.6 is 0 Å². The van der Waals surface area contributed by atoms with E-state index >= 15 is 0 Å². The van der Waals surface area contributed by atoms with E-state index in [0.29, 0.717) is 25.3 Å². The number of carbonyl (C=O) groups excluding carboxylic acids is 1. The summed E-state index contributed by atoms with van der Waals surface area (Å²) in [5.41, 5.74) is 7.81. The number of nitrogens with zero attached hydrogens (tertiary/aromatic N) is 2. The Morgan fingerprint density at radius 1 is 1.09 bits per heavy atom. The molecule has 0 unspecified atom stereocenters. The maximum Gasteiger partial charge on any atom is 0.573 e. The summed E-state index contributed by atoms with van der Waals surface area (Å²) in [4.78, 5) is 26.5. The standard InChI is InChI=1S/C15H18N2O3.C7H6F3NO/c1-2-10-3-5-12(6-4-10)17-8-11-7-16(15(19)20)9-13(11)14(17)18;8-7(9,10)12-6-3-1-5(11)2-4-6/h3-6,11,13H,2,7-9H2,1H3,(H,19,20);1-4H,11H2/t11-,13-;/m1./s1. The Kier molecular flexibility index (Phi) is 6.81. The van der Waals surface area contributed by atoms with Crippen molar-refractivity contribution in [1.29, 1.82) is 0 Å². The monoisotopic (exact) mass is 451 g/mol. The smallest absolute Gasteiger partial charge is 0.465 e. The van der Waals surface area contributed by atoms with E-state index in [4.69, 9.17) is 10.8 Å². The zero-order valence-corrected chi connectivity index (χ0v) is 17.4. The third-order valence-electron chi connectivity index (χ3n) is 5.48. The normalized spacial score (nSPS) is 19.9. The van der Waals surface area contributed by atoms with E-state index in [9.17, 15) is 22.8 Å². The van der Waals surface area contributed by atoms with Crippen LogP contribution in [0.2, 0.25) is 0 Å². The molecule has 0 bridgehead atoms. The quantitative estimate of drug-likeness (QED) is 0.688. The predicted molar refractivity (Wildman–Crippen MR) is 112 cm³/mol. The molecule has 32 heavy (non-hydrogen) atoms. The Labute approximate surface area is 183 Å². The molecule has 0 spiro atoms. The van der Waals surface area contributed by atoms with Crippen LogP contribution in [0.4, 0.5) is 29.3 Å². The summed E-state index contributed by atoms with van der Waals surface area (Å²) in [6.45, 7) is 3.53. The highest BCUT2D eigenvalue weighted by Gasteiger charge is 2.47. The number of carboxylic acid groups (broad SMARTS) is 1. The van der Waals surface area contributed by atoms with Crippen LogP contribution in [-0.4, -0.2) is 48.0 Å². The van der Waals surface area contributed by atoms with Crippen molar-refractivity contribution in [3.63, 3.8) is 0 Å². The molecule has 2 saturated heterocycles. The van der Waals surface area contributed by atoms with Gasteiger partial charge in [-0.1, -0.05) is 19.1 Å². The molecular formula is C22H24F3N3O4. The Morgan fingerprint density at radius 3 is 2.22 bits per heavy atom. The number of aryl methyl sites for hydroxylation is 1. The minimum atomic E-state index is -4.64. The lowest BCUT2D eigenvalue weighted by Gasteiger charge is -2.20. The van der Waals surface area contributed by atoms with Crippen LogP contribution in [0.25, 0.3) is 0 Å². The number of hydrogen-bond acceptors (Lipinski definition) is 4. The van der Waals surface area contributed by atoms with Gasteiger partial charge in [-0.25, -0.2) is 4.79 Å². The molecule has 2 aliphatic rings. The van der Waals surface area contributed by atoms with E-state index in [1.54, 1.807) is 4.90 Å². The fourth-order valence-electron chi connectivity index (χ4n) is 3.83. The largest absolute Gasteiger partial charge is 0.573 e. The average molecular weight is 451 g/mol. The first kappa shape index (κ1) is 23.2. The van der Waals surface area contributed by atoms with E-state index in [1.807, 2.05) is 24.3 Å². The molecule has 7 nitrogen and oxygen atoms in total. The second kappa shape index (κ2) is 9.37. The van der Waals surface area contributed by atoms with Crippen molar-refractivity contribution in [3.05, 3.63) is 54.1 Å². The van der Waals surface area contributed by atoms with Gasteiger partial charge in [0.25, 0.3) is 0 Å². The van der Waals surface area contributed by atoms with Gasteiger partial charge in [-0.05, 0) is 48.4 Å². The number of likely N-dealkylation sites (tertiary alicyclic amines) is 1. The molecule has 2 aromatic carbocycles. The summed E-state index contributed by atoms with van der Waals surface area (Å²) in [5.74, 6) is -0.249. The van der Waals surface area contributed by atoms with Crippen molar-refractivity contribution < 1.29 is 32.6 Å². The van der Waals surface area contributed by atoms with Gasteiger partial charge in [0.2, 0.25) is 5.91 Å². The van der Waals surface area contributed by atoms with E-state index in [2.05, 4.69) is 11.7 Å². The minimum absolute atomic E-state index is 0.0583. The summed E-state index contributed by atoms with van der Waals surface area (Å²) in [6.07, 6.45) is -4.59. The molecule has 4 rings (SSSR count). The zero-order valence-electron chi connectivity index (χ0n) is 17.4. The first-order valence-corrected chi connectivity index (χ1v) is 10.1. The van der Waals surface area contributed by atoms with E-state index in [0.717, 1.165) is 24.2 Å². The van der Waals surface area contributed by atoms with Gasteiger partial charge in [-0.2, -0.15) is 0 Å². The summed E-state index contributed by atoms with van der Waals surface area (Å²) >= 11 is 0. The number of fused-ring (bicyclic) bond motifs is 1. The number of halogens is 3. The highest BCUT2D eigenvalue weighted by atomic mass is 19.4. The second-order valence-corrected chi connectivity index (χ2v) is 7.64. The van der Waals surface area contributed by atoms with Crippen molar-refractivity contribution >= 4 is 23.4 Å². The number of nitrogens with two attached hydrogens (primary N) is 1. The SMILES string of the molecule is CCc1ccc(N2C[C@H]3CN(C(=O)O)C[C@H]3C2=O)cc1.Nc1ccc(OC(F)(F)F)cc1. The van der Waals surface area contributed by atoms with Gasteiger partial charge in [-0.15, -0.1) is 13.2 Å². The minimum Gasteiger partial charge on any atom is -0.465 e. The van der Waals surface area contributed by atoms with Gasteiger partial charge >= 0.3 is 12.5 Å². The van der Waals surface area contributed by atoms with Crippen molar-refractivity contribution in [2.45, 2.75) is 19.7 Å². The van der Waals surface area contributed by atoms with Crippen LogP contribution in [0.15, 0.2) is 48.5 Å². The molecule has 0 aromatic heterocycles. The fraction of sp³-hybridized carbons (Fsp3) is 0.364. The van der Waals surface area contributed by atoms with Crippen LogP contribution in [0, 0.1) is 11.8 Å². The molecule has 2 heterocycles. The number of alkyl halides is 3. The molecule has 0 aliphatic carbocycles. The maximum absolute atomic E-state index is 12.4. The van der Waals surface area contributed by atoms with Gasteiger partial charge < -0.3 is 25.4 Å². The number of ether oxygens (including phenoxy) is 1. The molecule has 2 amide bonds. The number of benzene rings is 2. The number of hydrogen-bond donors (Lipinski definition) is 2. The zero-order chi connectivity index (χ0) is 23.5. The van der Waals surface area contributed by atoms with E-state index < -0.39 is 12.5 Å². The van der Waals surface area contributed by atoms with Crippen LogP contribution in [0.3, 0.4) is 0 Å². The highest BCUT2D eigenvalue weighted by molar-refractivity contribution is 5.98. The molecule has 0 radical (unpaired) electrons. The predicted octanol–water partition coefficient (Wildman–Crippen LogP) is 3.99. The lowest BCUT2D eigenvalue weighted by atomic mass is 10.0. The molecule has 172 valence electrons. The highest BCUT2D eigenvalue weighted by Crippen LogP contribution is 2.35. The van der Waals surface area contributed by atoms with Gasteiger partial charge in [-0.3, -0.25) is 4.79 Å². The first-order valence-electron chi connectivity index (χ1n) is 10.1. The third-order valence-corrected chi connectivity index (χ3v) is 5.48. The molecule has 2 aliphatic heterocycles. The topological polar surface area (TPSA) is 96.1 Å². The molecular weight excluding hydrogens is 427 g/mol. The third kappa shape index (κ3) is 5.63. The number of amides is 2. The number of anilines is 2. The molecule has 3 N–H and O–H groups in total. The van der Waals surface area contributed by atoms with E-state index in [1.165, 1.54) is 22.6 Å². The first-order chi connectivity index (χ1) is 15.1. The van der Waals surface area contributed by atoms with Crippen molar-refractivity contribution in [3.8, 4) is 5.75 Å².